The van der Waals surface area contributed by atoms with E-state index in [1.807, 2.05) is 26.0 Å². The summed E-state index contributed by atoms with van der Waals surface area (Å²) in [7, 11) is -3.24. The normalized spacial score (nSPS) is 25.1. The predicted octanol–water partition coefficient (Wildman–Crippen LogP) is 2.19. The summed E-state index contributed by atoms with van der Waals surface area (Å²) < 4.78 is 30.2. The number of aryl methyl sites for hydroxylation is 1. The molecule has 17 heavy (non-hydrogen) atoms. The quantitative estimate of drug-likeness (QED) is 0.830. The van der Waals surface area contributed by atoms with Crippen LogP contribution in [-0.4, -0.2) is 26.9 Å². The smallest absolute Gasteiger partial charge is 0.183 e. The Morgan fingerprint density at radius 2 is 1.88 bits per heavy atom. The monoisotopic (exact) mass is 254 g/mol. The SMILES string of the molecule is CC[C@@H]1COC[C@@H]1S(=O)(=O)c1ccc(C)cc1. The molecule has 1 aliphatic heterocycles. The summed E-state index contributed by atoms with van der Waals surface area (Å²) in [6.07, 6.45) is 0.843. The second-order valence-electron chi connectivity index (χ2n) is 4.60. The summed E-state index contributed by atoms with van der Waals surface area (Å²) in [5.41, 5.74) is 1.07. The summed E-state index contributed by atoms with van der Waals surface area (Å²) >= 11 is 0. The second kappa shape index (κ2) is 4.78. The van der Waals surface area contributed by atoms with Gasteiger partial charge in [-0.1, -0.05) is 24.6 Å². The molecule has 0 amide bonds. The standard InChI is InChI=1S/C13H18O3S/c1-3-11-8-16-9-13(11)17(14,15)12-6-4-10(2)5-7-12/h4-7,11,13H,3,8-9H2,1-2H3/t11-,13+/m1/s1. The van der Waals surface area contributed by atoms with E-state index < -0.39 is 9.84 Å². The first-order valence-corrected chi connectivity index (χ1v) is 7.48. The van der Waals surface area contributed by atoms with Gasteiger partial charge in [0, 0.05) is 5.92 Å². The summed E-state index contributed by atoms with van der Waals surface area (Å²) in [6, 6.07) is 7.05. The van der Waals surface area contributed by atoms with Crippen molar-refractivity contribution in [2.75, 3.05) is 13.2 Å². The highest BCUT2D eigenvalue weighted by Gasteiger charge is 2.38. The Labute approximate surface area is 103 Å². The van der Waals surface area contributed by atoms with Crippen LogP contribution < -0.4 is 0 Å². The van der Waals surface area contributed by atoms with Crippen LogP contribution in [0.1, 0.15) is 18.9 Å². The van der Waals surface area contributed by atoms with Crippen LogP contribution in [0.3, 0.4) is 0 Å². The molecule has 1 aromatic carbocycles. The van der Waals surface area contributed by atoms with Gasteiger partial charge in [0.05, 0.1) is 23.4 Å². The minimum absolute atomic E-state index is 0.126. The third kappa shape index (κ3) is 2.38. The van der Waals surface area contributed by atoms with E-state index in [0.717, 1.165) is 12.0 Å². The van der Waals surface area contributed by atoms with Crippen LogP contribution in [0, 0.1) is 12.8 Å². The average molecular weight is 254 g/mol. The number of hydrogen-bond acceptors (Lipinski definition) is 3. The Morgan fingerprint density at radius 3 is 2.47 bits per heavy atom. The molecule has 0 spiro atoms. The maximum atomic E-state index is 12.4. The zero-order valence-electron chi connectivity index (χ0n) is 10.2. The van der Waals surface area contributed by atoms with Gasteiger partial charge in [0.1, 0.15) is 0 Å². The molecule has 0 saturated carbocycles. The highest BCUT2D eigenvalue weighted by Crippen LogP contribution is 2.28. The van der Waals surface area contributed by atoms with Gasteiger partial charge in [0.2, 0.25) is 0 Å². The van der Waals surface area contributed by atoms with Crippen LogP contribution >= 0.6 is 0 Å². The van der Waals surface area contributed by atoms with Crippen molar-refractivity contribution in [3.05, 3.63) is 29.8 Å². The lowest BCUT2D eigenvalue weighted by atomic mass is 10.1. The molecule has 4 heteroatoms. The van der Waals surface area contributed by atoms with Gasteiger partial charge in [-0.05, 0) is 25.5 Å². The van der Waals surface area contributed by atoms with E-state index in [9.17, 15) is 8.42 Å². The van der Waals surface area contributed by atoms with E-state index in [4.69, 9.17) is 4.74 Å². The molecule has 0 N–H and O–H groups in total. The lowest BCUT2D eigenvalue weighted by molar-refractivity contribution is 0.185. The van der Waals surface area contributed by atoms with Gasteiger partial charge in [0.25, 0.3) is 0 Å². The van der Waals surface area contributed by atoms with Crippen molar-refractivity contribution in [2.45, 2.75) is 30.4 Å². The molecule has 1 aliphatic rings. The van der Waals surface area contributed by atoms with Gasteiger partial charge in [-0.2, -0.15) is 0 Å². The highest BCUT2D eigenvalue weighted by atomic mass is 32.2. The van der Waals surface area contributed by atoms with Gasteiger partial charge in [-0.3, -0.25) is 0 Å². The second-order valence-corrected chi connectivity index (χ2v) is 6.77. The summed E-state index contributed by atoms with van der Waals surface area (Å²) in [5.74, 6) is 0.126. The van der Waals surface area contributed by atoms with Crippen molar-refractivity contribution in [1.29, 1.82) is 0 Å². The van der Waals surface area contributed by atoms with Crippen molar-refractivity contribution in [1.82, 2.24) is 0 Å². The number of hydrogen-bond donors (Lipinski definition) is 0. The predicted molar refractivity (Wildman–Crippen MR) is 66.8 cm³/mol. The maximum absolute atomic E-state index is 12.4. The Bertz CT molecular complexity index is 476. The van der Waals surface area contributed by atoms with Crippen LogP contribution in [0.4, 0.5) is 0 Å². The molecular formula is C13H18O3S. The van der Waals surface area contributed by atoms with Crippen LogP contribution in [-0.2, 0) is 14.6 Å². The Kier molecular flexibility index (Phi) is 3.54. The Balaban J connectivity index is 2.33. The maximum Gasteiger partial charge on any atom is 0.183 e. The zero-order chi connectivity index (χ0) is 12.5. The lowest BCUT2D eigenvalue weighted by Gasteiger charge is -2.16. The average Bonchev–Trinajstić information content (AvgIpc) is 2.78. The van der Waals surface area contributed by atoms with Gasteiger partial charge >= 0.3 is 0 Å². The van der Waals surface area contributed by atoms with Crippen LogP contribution in [0.25, 0.3) is 0 Å². The van der Waals surface area contributed by atoms with E-state index in [-0.39, 0.29) is 11.2 Å². The van der Waals surface area contributed by atoms with E-state index in [1.54, 1.807) is 12.1 Å². The Hall–Kier alpha value is -0.870. The van der Waals surface area contributed by atoms with Crippen molar-refractivity contribution in [2.24, 2.45) is 5.92 Å². The van der Waals surface area contributed by atoms with Crippen LogP contribution in [0.15, 0.2) is 29.2 Å². The van der Waals surface area contributed by atoms with Gasteiger partial charge in [-0.25, -0.2) is 8.42 Å². The minimum atomic E-state index is -3.24. The lowest BCUT2D eigenvalue weighted by Crippen LogP contribution is -2.28. The number of ether oxygens (including phenoxy) is 1. The molecule has 2 rings (SSSR count). The van der Waals surface area contributed by atoms with E-state index in [2.05, 4.69) is 0 Å². The van der Waals surface area contributed by atoms with Crippen molar-refractivity contribution in [3.63, 3.8) is 0 Å². The molecule has 2 atom stereocenters. The molecule has 1 saturated heterocycles. The van der Waals surface area contributed by atoms with Crippen molar-refractivity contribution >= 4 is 9.84 Å². The fourth-order valence-corrected chi connectivity index (χ4v) is 4.12. The van der Waals surface area contributed by atoms with Gasteiger partial charge < -0.3 is 4.74 Å². The highest BCUT2D eigenvalue weighted by molar-refractivity contribution is 7.92. The number of sulfone groups is 1. The first kappa shape index (κ1) is 12.6. The topological polar surface area (TPSA) is 43.4 Å². The molecule has 0 aromatic heterocycles. The first-order valence-electron chi connectivity index (χ1n) is 5.94. The third-order valence-corrected chi connectivity index (χ3v) is 5.66. The molecular weight excluding hydrogens is 236 g/mol. The fraction of sp³-hybridized carbons (Fsp3) is 0.538. The minimum Gasteiger partial charge on any atom is -0.380 e. The van der Waals surface area contributed by atoms with Gasteiger partial charge in [-0.15, -0.1) is 0 Å². The molecule has 0 aliphatic carbocycles. The summed E-state index contributed by atoms with van der Waals surface area (Å²) in [5, 5.41) is -0.379. The van der Waals surface area contributed by atoms with E-state index >= 15 is 0 Å². The van der Waals surface area contributed by atoms with Crippen LogP contribution in [0.5, 0.6) is 0 Å². The summed E-state index contributed by atoms with van der Waals surface area (Å²) in [4.78, 5) is 0.414. The molecule has 3 nitrogen and oxygen atoms in total. The zero-order valence-corrected chi connectivity index (χ0v) is 11.0. The summed E-state index contributed by atoms with van der Waals surface area (Å²) in [6.45, 7) is 4.85. The third-order valence-electron chi connectivity index (χ3n) is 3.41. The van der Waals surface area contributed by atoms with Crippen molar-refractivity contribution < 1.29 is 13.2 Å². The molecule has 0 bridgehead atoms. The van der Waals surface area contributed by atoms with Crippen molar-refractivity contribution in [3.8, 4) is 0 Å². The molecule has 1 fully saturated rings. The molecule has 0 radical (unpaired) electrons. The molecule has 0 unspecified atom stereocenters. The fourth-order valence-electron chi connectivity index (χ4n) is 2.21. The van der Waals surface area contributed by atoms with Crippen LogP contribution in [0.2, 0.25) is 0 Å². The molecule has 1 aromatic rings. The molecule has 1 heterocycles. The Morgan fingerprint density at radius 1 is 1.24 bits per heavy atom. The molecule has 94 valence electrons. The van der Waals surface area contributed by atoms with E-state index in [1.165, 1.54) is 0 Å². The van der Waals surface area contributed by atoms with E-state index in [0.29, 0.717) is 18.1 Å². The first-order chi connectivity index (χ1) is 8.05. The largest absolute Gasteiger partial charge is 0.380 e. The number of rotatable bonds is 3. The van der Waals surface area contributed by atoms with Gasteiger partial charge in [0.15, 0.2) is 9.84 Å². The number of benzene rings is 1.